The number of carbonyl (C=O) groups is 1. The second kappa shape index (κ2) is 5.85. The minimum atomic E-state index is -0.140. The van der Waals surface area contributed by atoms with Crippen molar-refractivity contribution in [3.63, 3.8) is 0 Å². The van der Waals surface area contributed by atoms with Gasteiger partial charge in [-0.15, -0.1) is 11.8 Å². The topological polar surface area (TPSA) is 49.6 Å². The van der Waals surface area contributed by atoms with Gasteiger partial charge in [0.2, 0.25) is 5.91 Å². The summed E-state index contributed by atoms with van der Waals surface area (Å²) in [6.45, 7) is 6.24. The molecule has 0 aromatic rings. The van der Waals surface area contributed by atoms with Gasteiger partial charge in [0.1, 0.15) is 0 Å². The van der Waals surface area contributed by atoms with Crippen molar-refractivity contribution >= 4 is 17.7 Å². The van der Waals surface area contributed by atoms with Crippen LogP contribution in [-0.2, 0) is 4.79 Å². The van der Waals surface area contributed by atoms with Crippen LogP contribution in [0.4, 0.5) is 0 Å². The maximum absolute atomic E-state index is 12.7. The van der Waals surface area contributed by atoms with Crippen molar-refractivity contribution in [2.75, 3.05) is 31.9 Å². The fourth-order valence-corrected chi connectivity index (χ4v) is 5.07. The molecule has 0 aromatic carbocycles. The molecule has 2 unspecified atom stereocenters. The van der Waals surface area contributed by atoms with Crippen LogP contribution in [0, 0.1) is 0 Å². The molecule has 5 heteroatoms. The quantitative estimate of drug-likeness (QED) is 0.834. The molecular weight excluding hydrogens is 270 g/mol. The number of piperidine rings is 1. The van der Waals surface area contributed by atoms with Crippen LogP contribution >= 0.6 is 11.8 Å². The number of nitrogens with two attached hydrogens (primary N) is 1. The predicted molar refractivity (Wildman–Crippen MR) is 83.9 cm³/mol. The molecule has 2 atom stereocenters. The summed E-state index contributed by atoms with van der Waals surface area (Å²) in [6, 6.07) is 0.959. The minimum Gasteiger partial charge on any atom is -0.340 e. The number of thioether (sulfide) groups is 1. The summed E-state index contributed by atoms with van der Waals surface area (Å²) in [5.41, 5.74) is 5.98. The Labute approximate surface area is 126 Å². The van der Waals surface area contributed by atoms with Gasteiger partial charge in [-0.2, -0.15) is 0 Å². The Hall–Kier alpha value is -0.260. The number of carbonyl (C=O) groups excluding carboxylic acids is 1. The van der Waals surface area contributed by atoms with Crippen LogP contribution in [0.1, 0.15) is 39.0 Å². The summed E-state index contributed by atoms with van der Waals surface area (Å²) < 4.78 is -0.140. The fourth-order valence-electron chi connectivity index (χ4n) is 3.79. The second-order valence-corrected chi connectivity index (χ2v) is 8.35. The first kappa shape index (κ1) is 14.7. The molecule has 114 valence electrons. The van der Waals surface area contributed by atoms with E-state index in [0.717, 1.165) is 57.6 Å². The summed E-state index contributed by atoms with van der Waals surface area (Å²) in [6.07, 6.45) is 5.60. The molecule has 3 aliphatic rings. The van der Waals surface area contributed by atoms with E-state index in [1.54, 1.807) is 0 Å². The zero-order valence-corrected chi connectivity index (χ0v) is 13.3. The SMILES string of the molecule is CC1(C(=O)N2CCC(N3CCC(N)CC3)C2)CCCS1. The van der Waals surface area contributed by atoms with E-state index in [1.807, 2.05) is 11.8 Å². The number of hydrogen-bond acceptors (Lipinski definition) is 4. The van der Waals surface area contributed by atoms with Crippen molar-refractivity contribution in [2.45, 2.75) is 55.9 Å². The van der Waals surface area contributed by atoms with Gasteiger partial charge in [0.15, 0.2) is 0 Å². The molecule has 3 saturated heterocycles. The second-order valence-electron chi connectivity index (χ2n) is 6.75. The first-order valence-electron chi connectivity index (χ1n) is 8.01. The van der Waals surface area contributed by atoms with Crippen LogP contribution in [0.2, 0.25) is 0 Å². The standard InChI is InChI=1S/C15H27N3OS/c1-15(6-2-10-20-15)14(19)18-9-5-13(11-18)17-7-3-12(16)4-8-17/h12-13H,2-11,16H2,1H3. The Morgan fingerprint density at radius 3 is 2.65 bits per heavy atom. The van der Waals surface area contributed by atoms with E-state index in [-0.39, 0.29) is 4.75 Å². The van der Waals surface area contributed by atoms with E-state index in [9.17, 15) is 4.79 Å². The average molecular weight is 297 g/mol. The molecule has 0 bridgehead atoms. The molecule has 20 heavy (non-hydrogen) atoms. The Bertz CT molecular complexity index is 362. The Morgan fingerprint density at radius 2 is 2.00 bits per heavy atom. The molecular formula is C15H27N3OS. The normalized spacial score (nSPS) is 36.7. The summed E-state index contributed by atoms with van der Waals surface area (Å²) in [7, 11) is 0. The van der Waals surface area contributed by atoms with Gasteiger partial charge in [0, 0.05) is 25.2 Å². The maximum atomic E-state index is 12.7. The minimum absolute atomic E-state index is 0.140. The number of hydrogen-bond donors (Lipinski definition) is 1. The lowest BCUT2D eigenvalue weighted by Gasteiger charge is -2.35. The fraction of sp³-hybridized carbons (Fsp3) is 0.933. The smallest absolute Gasteiger partial charge is 0.238 e. The molecule has 0 spiro atoms. The van der Waals surface area contributed by atoms with E-state index in [0.29, 0.717) is 18.0 Å². The first-order chi connectivity index (χ1) is 9.58. The monoisotopic (exact) mass is 297 g/mol. The van der Waals surface area contributed by atoms with E-state index < -0.39 is 0 Å². The van der Waals surface area contributed by atoms with E-state index >= 15 is 0 Å². The third-order valence-electron chi connectivity index (χ3n) is 5.21. The molecule has 0 aromatic heterocycles. The Kier molecular flexibility index (Phi) is 4.29. The van der Waals surface area contributed by atoms with E-state index in [2.05, 4.69) is 16.7 Å². The van der Waals surface area contributed by atoms with Gasteiger partial charge < -0.3 is 10.6 Å². The highest BCUT2D eigenvalue weighted by molar-refractivity contribution is 8.01. The van der Waals surface area contributed by atoms with E-state index in [4.69, 9.17) is 5.73 Å². The third-order valence-corrected chi connectivity index (χ3v) is 6.72. The Morgan fingerprint density at radius 1 is 1.25 bits per heavy atom. The van der Waals surface area contributed by atoms with Gasteiger partial charge in [-0.05, 0) is 57.9 Å². The van der Waals surface area contributed by atoms with Gasteiger partial charge in [0.25, 0.3) is 0 Å². The van der Waals surface area contributed by atoms with Crippen molar-refractivity contribution in [3.8, 4) is 0 Å². The molecule has 0 saturated carbocycles. The largest absolute Gasteiger partial charge is 0.340 e. The third kappa shape index (κ3) is 2.85. The molecule has 4 nitrogen and oxygen atoms in total. The molecule has 3 fully saturated rings. The van der Waals surface area contributed by atoms with E-state index in [1.165, 1.54) is 6.42 Å². The van der Waals surface area contributed by atoms with Crippen molar-refractivity contribution in [1.29, 1.82) is 0 Å². The summed E-state index contributed by atoms with van der Waals surface area (Å²) in [5, 5.41) is 0. The van der Waals surface area contributed by atoms with Gasteiger partial charge in [0.05, 0.1) is 4.75 Å². The molecule has 3 aliphatic heterocycles. The zero-order chi connectivity index (χ0) is 14.2. The number of likely N-dealkylation sites (tertiary alicyclic amines) is 2. The highest BCUT2D eigenvalue weighted by Gasteiger charge is 2.42. The molecule has 0 radical (unpaired) electrons. The van der Waals surface area contributed by atoms with Crippen LogP contribution in [-0.4, -0.2) is 64.5 Å². The van der Waals surface area contributed by atoms with Crippen molar-refractivity contribution in [3.05, 3.63) is 0 Å². The maximum Gasteiger partial charge on any atom is 0.238 e. The lowest BCUT2D eigenvalue weighted by molar-refractivity contribution is -0.132. The molecule has 3 rings (SSSR count). The van der Waals surface area contributed by atoms with Crippen LogP contribution < -0.4 is 5.73 Å². The van der Waals surface area contributed by atoms with Gasteiger partial charge in [-0.3, -0.25) is 9.69 Å². The molecule has 0 aliphatic carbocycles. The van der Waals surface area contributed by atoms with Crippen LogP contribution in [0.5, 0.6) is 0 Å². The average Bonchev–Trinajstić information content (AvgIpc) is 3.09. The predicted octanol–water partition coefficient (Wildman–Crippen LogP) is 1.30. The summed E-state index contributed by atoms with van der Waals surface area (Å²) in [5.74, 6) is 1.53. The highest BCUT2D eigenvalue weighted by atomic mass is 32.2. The number of rotatable bonds is 2. The molecule has 1 amide bonds. The van der Waals surface area contributed by atoms with Gasteiger partial charge in [-0.25, -0.2) is 0 Å². The Balaban J connectivity index is 1.55. The molecule has 2 N–H and O–H groups in total. The van der Waals surface area contributed by atoms with Crippen molar-refractivity contribution < 1.29 is 4.79 Å². The first-order valence-corrected chi connectivity index (χ1v) is 9.00. The summed E-state index contributed by atoms with van der Waals surface area (Å²) in [4.78, 5) is 17.4. The van der Waals surface area contributed by atoms with Crippen molar-refractivity contribution in [1.82, 2.24) is 9.80 Å². The van der Waals surface area contributed by atoms with Crippen LogP contribution in [0.3, 0.4) is 0 Å². The van der Waals surface area contributed by atoms with Gasteiger partial charge in [-0.1, -0.05) is 0 Å². The molecule has 3 heterocycles. The van der Waals surface area contributed by atoms with Crippen LogP contribution in [0.15, 0.2) is 0 Å². The zero-order valence-electron chi connectivity index (χ0n) is 12.5. The lowest BCUT2D eigenvalue weighted by Crippen LogP contribution is -2.48. The van der Waals surface area contributed by atoms with Crippen molar-refractivity contribution in [2.24, 2.45) is 5.73 Å². The highest BCUT2D eigenvalue weighted by Crippen LogP contribution is 2.40. The number of amides is 1. The van der Waals surface area contributed by atoms with Gasteiger partial charge >= 0.3 is 0 Å². The summed E-state index contributed by atoms with van der Waals surface area (Å²) >= 11 is 1.86. The number of nitrogens with zero attached hydrogens (tertiary/aromatic N) is 2. The van der Waals surface area contributed by atoms with Crippen LogP contribution in [0.25, 0.3) is 0 Å². The lowest BCUT2D eigenvalue weighted by atomic mass is 10.0.